The normalized spacial score (nSPS) is 16.9. The molecule has 1 aromatic heterocycles. The largest absolute Gasteiger partial charge is 0.378 e. The lowest BCUT2D eigenvalue weighted by Crippen LogP contribution is -2.49. The second-order valence-corrected chi connectivity index (χ2v) is 11.2. The molecule has 2 aromatic carbocycles. The standard InChI is InChI=1S/C30H38IN5O2/c1-22-6-4-5-7-28(22)34-16-14-33(15-17-34)19-26(38-3)20-36-29-12-13-35(23(2)37)21-27(29)30(32-36)25-10-8-24(18-31)9-11-25/h4-11,26H,12-21H2,1-3H3. The molecule has 0 N–H and O–H groups in total. The van der Waals surface area contributed by atoms with Crippen LogP contribution >= 0.6 is 22.6 Å². The first-order chi connectivity index (χ1) is 18.5. The second kappa shape index (κ2) is 12.2. The van der Waals surface area contributed by atoms with Gasteiger partial charge in [0.15, 0.2) is 0 Å². The molecule has 38 heavy (non-hydrogen) atoms. The highest BCUT2D eigenvalue weighted by Crippen LogP contribution is 2.31. The number of methoxy groups -OCH3 is 1. The number of rotatable bonds is 8. The third-order valence-corrected chi connectivity index (χ3v) is 8.84. The zero-order chi connectivity index (χ0) is 26.6. The van der Waals surface area contributed by atoms with Crippen LogP contribution in [0.15, 0.2) is 48.5 Å². The number of para-hydroxylation sites is 1. The molecule has 1 unspecified atom stereocenters. The van der Waals surface area contributed by atoms with E-state index in [1.807, 2.05) is 12.0 Å². The van der Waals surface area contributed by atoms with Gasteiger partial charge in [0, 0.05) is 93.2 Å². The summed E-state index contributed by atoms with van der Waals surface area (Å²) in [5, 5.41) is 5.12. The second-order valence-electron chi connectivity index (χ2n) is 10.4. The van der Waals surface area contributed by atoms with Gasteiger partial charge in [-0.2, -0.15) is 5.10 Å². The lowest BCUT2D eigenvalue weighted by molar-refractivity contribution is -0.129. The van der Waals surface area contributed by atoms with Crippen LogP contribution < -0.4 is 4.90 Å². The van der Waals surface area contributed by atoms with Crippen molar-refractivity contribution in [3.63, 3.8) is 0 Å². The van der Waals surface area contributed by atoms with Crippen LogP contribution in [0.2, 0.25) is 0 Å². The number of piperazine rings is 1. The molecule has 1 fully saturated rings. The van der Waals surface area contributed by atoms with Crippen molar-refractivity contribution < 1.29 is 9.53 Å². The molecule has 2 aliphatic heterocycles. The van der Waals surface area contributed by atoms with E-state index in [-0.39, 0.29) is 12.0 Å². The van der Waals surface area contributed by atoms with Crippen molar-refractivity contribution in [2.75, 3.05) is 51.3 Å². The van der Waals surface area contributed by atoms with Gasteiger partial charge in [0.25, 0.3) is 0 Å². The number of aromatic nitrogens is 2. The maximum atomic E-state index is 12.2. The van der Waals surface area contributed by atoms with Gasteiger partial charge in [-0.3, -0.25) is 14.4 Å². The summed E-state index contributed by atoms with van der Waals surface area (Å²) in [5.41, 5.74) is 8.50. The van der Waals surface area contributed by atoms with Gasteiger partial charge in [-0.1, -0.05) is 65.1 Å². The van der Waals surface area contributed by atoms with Gasteiger partial charge in [-0.05, 0) is 24.1 Å². The summed E-state index contributed by atoms with van der Waals surface area (Å²) in [6.45, 7) is 10.9. The van der Waals surface area contributed by atoms with E-state index in [0.29, 0.717) is 13.1 Å². The van der Waals surface area contributed by atoms with E-state index in [9.17, 15) is 4.79 Å². The highest BCUT2D eigenvalue weighted by Gasteiger charge is 2.28. The number of alkyl halides is 1. The van der Waals surface area contributed by atoms with Gasteiger partial charge in [0.2, 0.25) is 5.91 Å². The molecule has 0 spiro atoms. The number of nitrogens with zero attached hydrogens (tertiary/aromatic N) is 5. The Hall–Kier alpha value is -2.43. The fraction of sp³-hybridized carbons (Fsp3) is 0.467. The molecule has 1 atom stereocenters. The Labute approximate surface area is 239 Å². The average Bonchev–Trinajstić information content (AvgIpc) is 3.31. The fourth-order valence-electron chi connectivity index (χ4n) is 5.67. The Morgan fingerprint density at radius 2 is 1.76 bits per heavy atom. The van der Waals surface area contributed by atoms with Gasteiger partial charge in [0.05, 0.1) is 18.3 Å². The first kappa shape index (κ1) is 27.1. The zero-order valence-corrected chi connectivity index (χ0v) is 24.9. The average molecular weight is 628 g/mol. The molecule has 7 nitrogen and oxygen atoms in total. The van der Waals surface area contributed by atoms with Crippen LogP contribution in [0.1, 0.15) is 29.3 Å². The number of ether oxygens (including phenoxy) is 1. The Balaban J connectivity index is 1.31. The summed E-state index contributed by atoms with van der Waals surface area (Å²) < 4.78 is 9.14. The van der Waals surface area contributed by atoms with Crippen molar-refractivity contribution in [2.24, 2.45) is 0 Å². The molecule has 1 amide bonds. The Kier molecular flexibility index (Phi) is 8.70. The van der Waals surface area contributed by atoms with Crippen molar-refractivity contribution in [3.05, 3.63) is 70.9 Å². The fourth-order valence-corrected chi connectivity index (χ4v) is 6.18. The molecule has 8 heteroatoms. The number of halogens is 1. The SMILES string of the molecule is COC(CN1CCN(c2ccccc2C)CC1)Cn1nc(-c2ccc(CI)cc2)c2c1CCN(C(C)=O)C2. The van der Waals surface area contributed by atoms with E-state index in [1.54, 1.807) is 6.92 Å². The number of hydrogen-bond acceptors (Lipinski definition) is 5. The van der Waals surface area contributed by atoms with Crippen LogP contribution in [0, 0.1) is 6.92 Å². The Morgan fingerprint density at radius 3 is 2.42 bits per heavy atom. The molecule has 5 rings (SSSR count). The van der Waals surface area contributed by atoms with Gasteiger partial charge in [-0.15, -0.1) is 0 Å². The molecule has 2 aliphatic rings. The number of aryl methyl sites for hydroxylation is 1. The lowest BCUT2D eigenvalue weighted by Gasteiger charge is -2.38. The van der Waals surface area contributed by atoms with Crippen molar-refractivity contribution in [1.82, 2.24) is 19.6 Å². The molecule has 202 valence electrons. The molecule has 0 radical (unpaired) electrons. The zero-order valence-electron chi connectivity index (χ0n) is 22.7. The minimum absolute atomic E-state index is 0.0455. The minimum Gasteiger partial charge on any atom is -0.378 e. The van der Waals surface area contributed by atoms with Crippen LogP contribution in [0.4, 0.5) is 5.69 Å². The number of anilines is 1. The molecule has 0 saturated carbocycles. The van der Waals surface area contributed by atoms with E-state index in [0.717, 1.165) is 61.4 Å². The molecule has 0 bridgehead atoms. The summed E-state index contributed by atoms with van der Waals surface area (Å²) in [4.78, 5) is 19.1. The quantitative estimate of drug-likeness (QED) is 0.272. The predicted octanol–water partition coefficient (Wildman–Crippen LogP) is 4.54. The first-order valence-corrected chi connectivity index (χ1v) is 15.0. The van der Waals surface area contributed by atoms with E-state index >= 15 is 0 Å². The molecule has 1 saturated heterocycles. The third kappa shape index (κ3) is 5.92. The van der Waals surface area contributed by atoms with Crippen LogP contribution in [-0.4, -0.2) is 78.0 Å². The molecular weight excluding hydrogens is 589 g/mol. The highest BCUT2D eigenvalue weighted by atomic mass is 127. The molecule has 3 aromatic rings. The predicted molar refractivity (Wildman–Crippen MR) is 161 cm³/mol. The summed E-state index contributed by atoms with van der Waals surface area (Å²) in [7, 11) is 1.81. The summed E-state index contributed by atoms with van der Waals surface area (Å²) in [6.07, 6.45) is 0.864. The number of carbonyl (C=O) groups excluding carboxylic acids is 1. The summed E-state index contributed by atoms with van der Waals surface area (Å²) in [6, 6.07) is 17.3. The van der Waals surface area contributed by atoms with Gasteiger partial charge >= 0.3 is 0 Å². The van der Waals surface area contributed by atoms with E-state index in [1.165, 1.54) is 28.1 Å². The maximum Gasteiger partial charge on any atom is 0.219 e. The maximum absolute atomic E-state index is 12.2. The van der Waals surface area contributed by atoms with Crippen molar-refractivity contribution in [2.45, 2.75) is 43.9 Å². The van der Waals surface area contributed by atoms with Crippen LogP contribution in [-0.2, 0) is 33.5 Å². The number of hydrogen-bond donors (Lipinski definition) is 0. The van der Waals surface area contributed by atoms with E-state index < -0.39 is 0 Å². The summed E-state index contributed by atoms with van der Waals surface area (Å²) in [5.74, 6) is 0.120. The minimum atomic E-state index is 0.0455. The number of carbonyl (C=O) groups is 1. The van der Waals surface area contributed by atoms with E-state index in [2.05, 4.69) is 92.5 Å². The Morgan fingerprint density at radius 1 is 1.03 bits per heavy atom. The van der Waals surface area contributed by atoms with Gasteiger partial charge in [-0.25, -0.2) is 0 Å². The van der Waals surface area contributed by atoms with Gasteiger partial charge in [0.1, 0.15) is 0 Å². The van der Waals surface area contributed by atoms with Crippen molar-refractivity contribution in [1.29, 1.82) is 0 Å². The van der Waals surface area contributed by atoms with E-state index in [4.69, 9.17) is 9.84 Å². The molecular formula is C30H38IN5O2. The van der Waals surface area contributed by atoms with Crippen LogP contribution in [0.5, 0.6) is 0 Å². The van der Waals surface area contributed by atoms with Crippen LogP contribution in [0.3, 0.4) is 0 Å². The van der Waals surface area contributed by atoms with Crippen molar-refractivity contribution in [3.8, 4) is 11.3 Å². The molecule has 3 heterocycles. The van der Waals surface area contributed by atoms with Gasteiger partial charge < -0.3 is 14.5 Å². The topological polar surface area (TPSA) is 53.8 Å². The summed E-state index contributed by atoms with van der Waals surface area (Å²) >= 11 is 2.39. The third-order valence-electron chi connectivity index (χ3n) is 7.96. The van der Waals surface area contributed by atoms with Crippen molar-refractivity contribution >= 4 is 34.2 Å². The molecule has 0 aliphatic carbocycles. The Bertz CT molecular complexity index is 1250. The number of amides is 1. The number of fused-ring (bicyclic) bond motifs is 1. The first-order valence-electron chi connectivity index (χ1n) is 13.5. The smallest absolute Gasteiger partial charge is 0.219 e. The highest BCUT2D eigenvalue weighted by molar-refractivity contribution is 14.1. The monoisotopic (exact) mass is 627 g/mol. The number of benzene rings is 2. The lowest BCUT2D eigenvalue weighted by atomic mass is 10.00. The van der Waals surface area contributed by atoms with Crippen LogP contribution in [0.25, 0.3) is 11.3 Å².